The summed E-state index contributed by atoms with van der Waals surface area (Å²) in [6, 6.07) is 10.3. The van der Waals surface area contributed by atoms with Gasteiger partial charge in [0.05, 0.1) is 5.69 Å². The lowest BCUT2D eigenvalue weighted by Gasteiger charge is -2.18. The second-order valence-corrected chi connectivity index (χ2v) is 7.23. The lowest BCUT2D eigenvalue weighted by molar-refractivity contribution is 0.221. The second kappa shape index (κ2) is 9.02. The van der Waals surface area contributed by atoms with Crippen LogP contribution in [0.25, 0.3) is 0 Å². The third-order valence-corrected chi connectivity index (χ3v) is 4.47. The summed E-state index contributed by atoms with van der Waals surface area (Å²) in [6.07, 6.45) is 0.884. The lowest BCUT2D eigenvalue weighted by atomic mass is 9.99. The maximum atomic E-state index is 9.71. The van der Waals surface area contributed by atoms with Crippen LogP contribution in [0.5, 0.6) is 0 Å². The summed E-state index contributed by atoms with van der Waals surface area (Å²) in [5.74, 6) is 1.74. The van der Waals surface area contributed by atoms with Crippen LogP contribution >= 0.6 is 0 Å². The molecule has 25 heavy (non-hydrogen) atoms. The summed E-state index contributed by atoms with van der Waals surface area (Å²) in [6.45, 7) is 6.09. The highest BCUT2D eigenvalue weighted by Crippen LogP contribution is 2.27. The lowest BCUT2D eigenvalue weighted by Crippen LogP contribution is -2.27. The molecule has 1 heterocycles. The summed E-state index contributed by atoms with van der Waals surface area (Å²) in [7, 11) is 6.10. The molecule has 0 aliphatic heterocycles. The summed E-state index contributed by atoms with van der Waals surface area (Å²) in [5.41, 5.74) is 3.66. The Labute approximate surface area is 151 Å². The molecule has 0 spiro atoms. The van der Waals surface area contributed by atoms with E-state index in [1.165, 1.54) is 11.1 Å². The smallest absolute Gasteiger partial charge is 0.130 e. The molecule has 0 saturated carbocycles. The van der Waals surface area contributed by atoms with E-state index >= 15 is 0 Å². The largest absolute Gasteiger partial charge is 0.396 e. The van der Waals surface area contributed by atoms with Gasteiger partial charge in [-0.25, -0.2) is 0 Å². The Kier molecular flexibility index (Phi) is 7.02. The van der Waals surface area contributed by atoms with E-state index in [-0.39, 0.29) is 12.5 Å². The number of aliphatic hydroxyl groups excluding tert-OH is 1. The first kappa shape index (κ1) is 19.5. The molecule has 0 aliphatic carbocycles. The standard InChI is InChI=1S/C20H32N4O/c1-15(2)19-18(20(23(3)4)24(5)22-19)13-21-12-17(14-25)11-16-9-7-6-8-10-16/h6-10,15,17,21,25H,11-14H2,1-5H3/t17-/m0/s1. The minimum atomic E-state index is 0.187. The summed E-state index contributed by atoms with van der Waals surface area (Å²) >= 11 is 0. The van der Waals surface area contributed by atoms with E-state index in [0.717, 1.165) is 31.0 Å². The van der Waals surface area contributed by atoms with E-state index in [2.05, 4.69) is 50.3 Å². The fraction of sp³-hybridized carbons (Fsp3) is 0.550. The van der Waals surface area contributed by atoms with Crippen molar-refractivity contribution in [3.63, 3.8) is 0 Å². The molecule has 2 rings (SSSR count). The average Bonchev–Trinajstić information content (AvgIpc) is 2.91. The summed E-state index contributed by atoms with van der Waals surface area (Å²) in [5, 5.41) is 17.9. The SMILES string of the molecule is CC(C)c1nn(C)c(N(C)C)c1CNC[C@@H](CO)Cc1ccccc1. The van der Waals surface area contributed by atoms with Gasteiger partial charge in [0.2, 0.25) is 0 Å². The van der Waals surface area contributed by atoms with Crippen LogP contribution in [0.2, 0.25) is 0 Å². The summed E-state index contributed by atoms with van der Waals surface area (Å²) in [4.78, 5) is 2.11. The molecule has 0 radical (unpaired) electrons. The zero-order valence-corrected chi connectivity index (χ0v) is 16.2. The highest BCUT2D eigenvalue weighted by Gasteiger charge is 2.20. The van der Waals surface area contributed by atoms with Gasteiger partial charge in [-0.2, -0.15) is 5.10 Å². The third-order valence-electron chi connectivity index (χ3n) is 4.47. The van der Waals surface area contributed by atoms with Gasteiger partial charge in [-0.1, -0.05) is 44.2 Å². The fourth-order valence-corrected chi connectivity index (χ4v) is 3.32. The number of rotatable bonds is 9. The van der Waals surface area contributed by atoms with E-state index in [1.54, 1.807) is 0 Å². The Morgan fingerprint density at radius 2 is 1.88 bits per heavy atom. The normalized spacial score (nSPS) is 12.6. The highest BCUT2D eigenvalue weighted by molar-refractivity contribution is 5.50. The molecule has 5 heteroatoms. The van der Waals surface area contributed by atoms with Crippen LogP contribution in [0.1, 0.15) is 36.6 Å². The van der Waals surface area contributed by atoms with E-state index < -0.39 is 0 Å². The molecule has 1 atom stereocenters. The van der Waals surface area contributed by atoms with Crippen LogP contribution in [0.4, 0.5) is 5.82 Å². The van der Waals surface area contributed by atoms with Gasteiger partial charge < -0.3 is 15.3 Å². The van der Waals surface area contributed by atoms with Crippen molar-refractivity contribution in [2.24, 2.45) is 13.0 Å². The molecule has 0 unspecified atom stereocenters. The molecule has 2 N–H and O–H groups in total. The van der Waals surface area contributed by atoms with Crippen molar-refractivity contribution in [2.45, 2.75) is 32.7 Å². The van der Waals surface area contributed by atoms with Gasteiger partial charge in [0.1, 0.15) is 5.82 Å². The van der Waals surface area contributed by atoms with E-state index in [1.807, 2.05) is 29.9 Å². The van der Waals surface area contributed by atoms with Crippen LogP contribution in [0.15, 0.2) is 30.3 Å². The number of nitrogens with zero attached hydrogens (tertiary/aromatic N) is 3. The van der Waals surface area contributed by atoms with Crippen LogP contribution in [-0.2, 0) is 20.0 Å². The van der Waals surface area contributed by atoms with Crippen molar-refractivity contribution in [3.05, 3.63) is 47.2 Å². The molecule has 0 saturated heterocycles. The van der Waals surface area contributed by atoms with Gasteiger partial charge in [-0.15, -0.1) is 0 Å². The van der Waals surface area contributed by atoms with E-state index in [4.69, 9.17) is 5.10 Å². The van der Waals surface area contributed by atoms with Gasteiger partial charge in [0, 0.05) is 46.4 Å². The van der Waals surface area contributed by atoms with Crippen molar-refractivity contribution in [1.29, 1.82) is 0 Å². The Balaban J connectivity index is 2.02. The second-order valence-electron chi connectivity index (χ2n) is 7.23. The summed E-state index contributed by atoms with van der Waals surface area (Å²) < 4.78 is 1.96. The molecule has 2 aromatic rings. The van der Waals surface area contributed by atoms with Gasteiger partial charge in [0.15, 0.2) is 0 Å². The zero-order chi connectivity index (χ0) is 18.4. The predicted octanol–water partition coefficient (Wildman–Crippen LogP) is 2.55. The van der Waals surface area contributed by atoms with Gasteiger partial charge >= 0.3 is 0 Å². The average molecular weight is 345 g/mol. The fourth-order valence-electron chi connectivity index (χ4n) is 3.32. The maximum absolute atomic E-state index is 9.71. The monoisotopic (exact) mass is 344 g/mol. The van der Waals surface area contributed by atoms with Crippen LogP contribution in [0, 0.1) is 5.92 Å². The molecule has 0 bridgehead atoms. The molecule has 1 aromatic heterocycles. The molecule has 5 nitrogen and oxygen atoms in total. The molecular weight excluding hydrogens is 312 g/mol. The number of hydrogen-bond acceptors (Lipinski definition) is 4. The van der Waals surface area contributed by atoms with Crippen molar-refractivity contribution < 1.29 is 5.11 Å². The van der Waals surface area contributed by atoms with Crippen LogP contribution in [-0.4, -0.2) is 42.1 Å². The minimum Gasteiger partial charge on any atom is -0.396 e. The Morgan fingerprint density at radius 3 is 2.44 bits per heavy atom. The van der Waals surface area contributed by atoms with E-state index in [9.17, 15) is 5.11 Å². The highest BCUT2D eigenvalue weighted by atomic mass is 16.3. The van der Waals surface area contributed by atoms with Crippen molar-refractivity contribution in [3.8, 4) is 0 Å². The number of hydrogen-bond donors (Lipinski definition) is 2. The van der Waals surface area contributed by atoms with Crippen LogP contribution in [0.3, 0.4) is 0 Å². The molecule has 138 valence electrons. The topological polar surface area (TPSA) is 53.3 Å². The Hall–Kier alpha value is -1.85. The minimum absolute atomic E-state index is 0.187. The Bertz CT molecular complexity index is 649. The van der Waals surface area contributed by atoms with Crippen molar-refractivity contribution >= 4 is 5.82 Å². The predicted molar refractivity (Wildman–Crippen MR) is 104 cm³/mol. The van der Waals surface area contributed by atoms with Crippen LogP contribution < -0.4 is 10.2 Å². The number of anilines is 1. The van der Waals surface area contributed by atoms with Gasteiger partial charge in [-0.05, 0) is 23.8 Å². The van der Waals surface area contributed by atoms with Gasteiger partial charge in [-0.3, -0.25) is 4.68 Å². The zero-order valence-electron chi connectivity index (χ0n) is 16.2. The van der Waals surface area contributed by atoms with Gasteiger partial charge in [0.25, 0.3) is 0 Å². The first-order valence-corrected chi connectivity index (χ1v) is 9.02. The number of aliphatic hydroxyl groups is 1. The number of benzene rings is 1. The first-order chi connectivity index (χ1) is 11.9. The molecular formula is C20H32N4O. The molecule has 0 amide bonds. The maximum Gasteiger partial charge on any atom is 0.130 e. The molecule has 0 aliphatic rings. The number of nitrogens with one attached hydrogen (secondary N) is 1. The molecule has 0 fully saturated rings. The van der Waals surface area contributed by atoms with Crippen molar-refractivity contribution in [2.75, 3.05) is 32.1 Å². The molecule has 1 aromatic carbocycles. The van der Waals surface area contributed by atoms with E-state index in [0.29, 0.717) is 5.92 Å². The number of aryl methyl sites for hydroxylation is 1. The Morgan fingerprint density at radius 1 is 1.20 bits per heavy atom. The van der Waals surface area contributed by atoms with Crippen molar-refractivity contribution in [1.82, 2.24) is 15.1 Å². The first-order valence-electron chi connectivity index (χ1n) is 9.02. The quantitative estimate of drug-likeness (QED) is 0.734. The third kappa shape index (κ3) is 5.06. The number of aromatic nitrogens is 2.